The molecule has 0 saturated carbocycles. The molecule has 0 radical (unpaired) electrons. The van der Waals surface area contributed by atoms with E-state index in [2.05, 4.69) is 15.1 Å². The van der Waals surface area contributed by atoms with Crippen LogP contribution in [0.5, 0.6) is 17.2 Å². The van der Waals surface area contributed by atoms with Crippen LogP contribution in [0.3, 0.4) is 0 Å². The lowest BCUT2D eigenvalue weighted by Gasteiger charge is -2.38. The molecule has 2 aromatic rings. The summed E-state index contributed by atoms with van der Waals surface area (Å²) in [5.74, 6) is 1.59. The summed E-state index contributed by atoms with van der Waals surface area (Å²) in [5.41, 5.74) is 1.54. The van der Waals surface area contributed by atoms with E-state index < -0.39 is 0 Å². The average Bonchev–Trinajstić information content (AvgIpc) is 3.16. The summed E-state index contributed by atoms with van der Waals surface area (Å²) in [4.78, 5) is 16.9. The van der Waals surface area contributed by atoms with Gasteiger partial charge in [0.25, 0.3) is 0 Å². The molecule has 7 nitrogen and oxygen atoms in total. The summed E-state index contributed by atoms with van der Waals surface area (Å²) in [6, 6.07) is 12.5. The molecule has 2 N–H and O–H groups in total. The van der Waals surface area contributed by atoms with Gasteiger partial charge < -0.3 is 24.8 Å². The van der Waals surface area contributed by atoms with Crippen LogP contribution < -0.4 is 19.7 Å². The molecule has 0 spiro atoms. The highest BCUT2D eigenvalue weighted by Crippen LogP contribution is 2.34. The lowest BCUT2D eigenvalue weighted by atomic mass is 10.2. The van der Waals surface area contributed by atoms with Crippen molar-refractivity contribution in [2.75, 3.05) is 43.2 Å². The second kappa shape index (κ2) is 7.36. The SMILES string of the molecule is C[C@@H](C(=O)Nc1ccc2c(c1)OCO2)N1CCN(c2ccccc2O)CC1. The van der Waals surface area contributed by atoms with Gasteiger partial charge in [-0.3, -0.25) is 9.69 Å². The molecule has 2 heterocycles. The fourth-order valence-corrected chi connectivity index (χ4v) is 3.47. The molecule has 142 valence electrons. The molecule has 0 aromatic heterocycles. The van der Waals surface area contributed by atoms with E-state index in [1.54, 1.807) is 18.2 Å². The number of para-hydroxylation sites is 2. The minimum atomic E-state index is -0.248. The maximum absolute atomic E-state index is 12.6. The number of rotatable bonds is 4. The van der Waals surface area contributed by atoms with Crippen molar-refractivity contribution in [2.45, 2.75) is 13.0 Å². The first-order chi connectivity index (χ1) is 13.1. The number of ether oxygens (including phenoxy) is 2. The zero-order valence-electron chi connectivity index (χ0n) is 15.2. The summed E-state index contributed by atoms with van der Waals surface area (Å²) >= 11 is 0. The molecule has 7 heteroatoms. The lowest BCUT2D eigenvalue weighted by molar-refractivity contribution is -0.120. The standard InChI is InChI=1S/C20H23N3O4/c1-14(20(25)21-15-6-7-18-19(12-15)27-13-26-18)22-8-10-23(11-9-22)16-4-2-3-5-17(16)24/h2-7,12,14,24H,8-11,13H2,1H3,(H,21,25)/t14-/m0/s1. The Kier molecular flexibility index (Phi) is 4.77. The molecular formula is C20H23N3O4. The van der Waals surface area contributed by atoms with Gasteiger partial charge in [-0.1, -0.05) is 12.1 Å². The highest BCUT2D eigenvalue weighted by molar-refractivity contribution is 5.94. The third-order valence-electron chi connectivity index (χ3n) is 5.10. The Bertz CT molecular complexity index is 834. The monoisotopic (exact) mass is 369 g/mol. The number of nitrogens with zero attached hydrogens (tertiary/aromatic N) is 2. The molecule has 4 rings (SSSR count). The van der Waals surface area contributed by atoms with Crippen LogP contribution in [0.25, 0.3) is 0 Å². The van der Waals surface area contributed by atoms with Crippen molar-refractivity contribution in [2.24, 2.45) is 0 Å². The number of amides is 1. The first-order valence-corrected chi connectivity index (χ1v) is 9.09. The lowest BCUT2D eigenvalue weighted by Crippen LogP contribution is -2.52. The molecule has 0 unspecified atom stereocenters. The first-order valence-electron chi connectivity index (χ1n) is 9.09. The van der Waals surface area contributed by atoms with Gasteiger partial charge in [0.1, 0.15) is 5.75 Å². The number of benzene rings is 2. The predicted octanol–water partition coefficient (Wildman–Crippen LogP) is 2.27. The number of nitrogens with one attached hydrogen (secondary N) is 1. The van der Waals surface area contributed by atoms with Crippen LogP contribution in [0.2, 0.25) is 0 Å². The van der Waals surface area contributed by atoms with Crippen LogP contribution in [0.15, 0.2) is 42.5 Å². The Morgan fingerprint density at radius 3 is 2.59 bits per heavy atom. The van der Waals surface area contributed by atoms with E-state index in [0.29, 0.717) is 22.9 Å². The third kappa shape index (κ3) is 3.64. The molecule has 2 aromatic carbocycles. The Morgan fingerprint density at radius 2 is 1.81 bits per heavy atom. The molecule has 1 amide bonds. The summed E-state index contributed by atoms with van der Waals surface area (Å²) in [7, 11) is 0. The second-order valence-electron chi connectivity index (χ2n) is 6.74. The maximum Gasteiger partial charge on any atom is 0.241 e. The normalized spacial score (nSPS) is 17.6. The van der Waals surface area contributed by atoms with E-state index in [9.17, 15) is 9.90 Å². The Balaban J connectivity index is 1.34. The van der Waals surface area contributed by atoms with Gasteiger partial charge in [-0.25, -0.2) is 0 Å². The van der Waals surface area contributed by atoms with Crippen molar-refractivity contribution < 1.29 is 19.4 Å². The number of phenols is 1. The number of anilines is 2. The van der Waals surface area contributed by atoms with E-state index in [-0.39, 0.29) is 18.7 Å². The van der Waals surface area contributed by atoms with Gasteiger partial charge >= 0.3 is 0 Å². The smallest absolute Gasteiger partial charge is 0.241 e. The van der Waals surface area contributed by atoms with Crippen LogP contribution in [0, 0.1) is 0 Å². The van der Waals surface area contributed by atoms with E-state index in [1.807, 2.05) is 31.2 Å². The number of carbonyl (C=O) groups excluding carboxylic acids is 1. The van der Waals surface area contributed by atoms with E-state index in [1.165, 1.54) is 0 Å². The Labute approximate surface area is 158 Å². The van der Waals surface area contributed by atoms with Gasteiger partial charge in [0, 0.05) is 37.9 Å². The van der Waals surface area contributed by atoms with Gasteiger partial charge in [0.05, 0.1) is 11.7 Å². The summed E-state index contributed by atoms with van der Waals surface area (Å²) in [6.07, 6.45) is 0. The topological polar surface area (TPSA) is 74.3 Å². The quantitative estimate of drug-likeness (QED) is 0.861. The molecule has 1 atom stereocenters. The van der Waals surface area contributed by atoms with Crippen LogP contribution in [-0.4, -0.2) is 54.9 Å². The Morgan fingerprint density at radius 1 is 1.07 bits per heavy atom. The van der Waals surface area contributed by atoms with Gasteiger partial charge in [-0.2, -0.15) is 0 Å². The van der Waals surface area contributed by atoms with Crippen molar-refractivity contribution in [1.82, 2.24) is 4.90 Å². The highest BCUT2D eigenvalue weighted by Gasteiger charge is 2.26. The fraction of sp³-hybridized carbons (Fsp3) is 0.350. The van der Waals surface area contributed by atoms with Crippen LogP contribution in [0.1, 0.15) is 6.92 Å². The number of hydrogen-bond acceptors (Lipinski definition) is 6. The van der Waals surface area contributed by atoms with E-state index in [4.69, 9.17) is 9.47 Å². The zero-order chi connectivity index (χ0) is 18.8. The number of phenolic OH excluding ortho intramolecular Hbond substituents is 1. The minimum Gasteiger partial charge on any atom is -0.506 e. The number of hydrogen-bond donors (Lipinski definition) is 2. The van der Waals surface area contributed by atoms with Crippen molar-refractivity contribution >= 4 is 17.3 Å². The summed E-state index contributed by atoms with van der Waals surface area (Å²) in [6.45, 7) is 5.16. The Hall–Kier alpha value is -2.93. The van der Waals surface area contributed by atoms with Crippen molar-refractivity contribution in [3.63, 3.8) is 0 Å². The van der Waals surface area contributed by atoms with Crippen LogP contribution >= 0.6 is 0 Å². The molecular weight excluding hydrogens is 346 g/mol. The number of aromatic hydroxyl groups is 1. The van der Waals surface area contributed by atoms with Crippen LogP contribution in [-0.2, 0) is 4.79 Å². The van der Waals surface area contributed by atoms with Crippen molar-refractivity contribution in [3.8, 4) is 17.2 Å². The number of carbonyl (C=O) groups is 1. The first kappa shape index (κ1) is 17.5. The van der Waals surface area contributed by atoms with Gasteiger partial charge in [0.2, 0.25) is 12.7 Å². The molecule has 0 bridgehead atoms. The molecule has 1 saturated heterocycles. The molecule has 1 fully saturated rings. The zero-order valence-corrected chi connectivity index (χ0v) is 15.2. The van der Waals surface area contributed by atoms with Gasteiger partial charge in [-0.05, 0) is 31.2 Å². The fourth-order valence-electron chi connectivity index (χ4n) is 3.47. The maximum atomic E-state index is 12.6. The third-order valence-corrected chi connectivity index (χ3v) is 5.10. The van der Waals surface area contributed by atoms with Crippen molar-refractivity contribution in [3.05, 3.63) is 42.5 Å². The van der Waals surface area contributed by atoms with E-state index in [0.717, 1.165) is 31.9 Å². The molecule has 2 aliphatic rings. The molecule has 0 aliphatic carbocycles. The van der Waals surface area contributed by atoms with Crippen LogP contribution in [0.4, 0.5) is 11.4 Å². The van der Waals surface area contributed by atoms with E-state index >= 15 is 0 Å². The number of fused-ring (bicyclic) bond motifs is 1. The highest BCUT2D eigenvalue weighted by atomic mass is 16.7. The summed E-state index contributed by atoms with van der Waals surface area (Å²) in [5, 5.41) is 13.0. The molecule has 2 aliphatic heterocycles. The minimum absolute atomic E-state index is 0.0510. The largest absolute Gasteiger partial charge is 0.506 e. The predicted molar refractivity (Wildman–Crippen MR) is 103 cm³/mol. The van der Waals surface area contributed by atoms with Crippen molar-refractivity contribution in [1.29, 1.82) is 0 Å². The van der Waals surface area contributed by atoms with Gasteiger partial charge in [0.15, 0.2) is 11.5 Å². The molecule has 27 heavy (non-hydrogen) atoms. The average molecular weight is 369 g/mol. The van der Waals surface area contributed by atoms with Gasteiger partial charge in [-0.15, -0.1) is 0 Å². The number of piperazine rings is 1. The summed E-state index contributed by atoms with van der Waals surface area (Å²) < 4.78 is 10.6. The second-order valence-corrected chi connectivity index (χ2v) is 6.74.